The van der Waals surface area contributed by atoms with Gasteiger partial charge in [-0.1, -0.05) is 42.5 Å². The lowest BCUT2D eigenvalue weighted by molar-refractivity contribution is -0.132. The first kappa shape index (κ1) is 15.6. The Kier molecular flexibility index (Phi) is 5.45. The highest BCUT2D eigenvalue weighted by Gasteiger charge is 2.17. The topological polar surface area (TPSA) is 20.3 Å². The van der Waals surface area contributed by atoms with E-state index in [0.717, 1.165) is 16.0 Å². The average molecular weight is 299 g/mol. The molecule has 0 aliphatic rings. The average Bonchev–Trinajstić information content (AvgIpc) is 2.48. The molecule has 2 aromatic carbocycles. The Balaban J connectivity index is 2.07. The highest BCUT2D eigenvalue weighted by molar-refractivity contribution is 7.80. The van der Waals surface area contributed by atoms with Crippen molar-refractivity contribution in [2.24, 2.45) is 0 Å². The van der Waals surface area contributed by atoms with E-state index in [1.54, 1.807) is 0 Å². The largest absolute Gasteiger partial charge is 0.336 e. The SMILES string of the molecule is CC(C)N(Cc1ccccc1)C(=O)Cc1ccc(S)cc1. The lowest BCUT2D eigenvalue weighted by atomic mass is 10.1. The molecule has 0 aromatic heterocycles. The summed E-state index contributed by atoms with van der Waals surface area (Å²) >= 11 is 4.27. The van der Waals surface area contributed by atoms with Crippen LogP contribution in [-0.4, -0.2) is 16.8 Å². The molecule has 0 heterocycles. The van der Waals surface area contributed by atoms with Gasteiger partial charge in [0.25, 0.3) is 0 Å². The van der Waals surface area contributed by atoms with E-state index < -0.39 is 0 Å². The molecule has 0 fully saturated rings. The molecule has 21 heavy (non-hydrogen) atoms. The Morgan fingerprint density at radius 1 is 1.00 bits per heavy atom. The summed E-state index contributed by atoms with van der Waals surface area (Å²) in [5, 5.41) is 0. The van der Waals surface area contributed by atoms with Gasteiger partial charge < -0.3 is 4.90 Å². The van der Waals surface area contributed by atoms with Gasteiger partial charge in [-0.25, -0.2) is 0 Å². The van der Waals surface area contributed by atoms with Gasteiger partial charge in [-0.05, 0) is 37.1 Å². The lowest BCUT2D eigenvalue weighted by Crippen LogP contribution is -2.37. The smallest absolute Gasteiger partial charge is 0.227 e. The molecule has 0 N–H and O–H groups in total. The standard InChI is InChI=1S/C18H21NOS/c1-14(2)19(13-16-6-4-3-5-7-16)18(20)12-15-8-10-17(21)11-9-15/h3-11,14,21H,12-13H2,1-2H3. The molecule has 2 rings (SSSR count). The minimum absolute atomic E-state index is 0.153. The summed E-state index contributed by atoms with van der Waals surface area (Å²) in [6.45, 7) is 4.76. The molecule has 3 heteroatoms. The number of amides is 1. The number of nitrogens with zero attached hydrogens (tertiary/aromatic N) is 1. The highest BCUT2D eigenvalue weighted by atomic mass is 32.1. The molecule has 2 aromatic rings. The van der Waals surface area contributed by atoms with Crippen LogP contribution in [0, 0.1) is 0 Å². The van der Waals surface area contributed by atoms with E-state index in [4.69, 9.17) is 0 Å². The Hall–Kier alpha value is -1.74. The Labute approximate surface area is 132 Å². The molecule has 0 saturated carbocycles. The van der Waals surface area contributed by atoms with Crippen LogP contribution in [0.1, 0.15) is 25.0 Å². The molecular weight excluding hydrogens is 278 g/mol. The molecule has 1 amide bonds. The highest BCUT2D eigenvalue weighted by Crippen LogP contribution is 2.13. The van der Waals surface area contributed by atoms with E-state index in [0.29, 0.717) is 13.0 Å². The first-order valence-corrected chi connectivity index (χ1v) is 7.62. The van der Waals surface area contributed by atoms with Gasteiger partial charge >= 0.3 is 0 Å². The summed E-state index contributed by atoms with van der Waals surface area (Å²) in [5.74, 6) is 0.153. The van der Waals surface area contributed by atoms with Crippen molar-refractivity contribution in [2.75, 3.05) is 0 Å². The minimum atomic E-state index is 0.153. The van der Waals surface area contributed by atoms with Gasteiger partial charge in [0.05, 0.1) is 6.42 Å². The Morgan fingerprint density at radius 3 is 2.19 bits per heavy atom. The predicted octanol–water partition coefficient (Wildman–Crippen LogP) is 3.96. The summed E-state index contributed by atoms with van der Waals surface area (Å²) in [7, 11) is 0. The van der Waals surface area contributed by atoms with E-state index in [2.05, 4.69) is 38.6 Å². The van der Waals surface area contributed by atoms with Crippen molar-refractivity contribution in [3.05, 3.63) is 65.7 Å². The van der Waals surface area contributed by atoms with Crippen molar-refractivity contribution in [3.63, 3.8) is 0 Å². The van der Waals surface area contributed by atoms with E-state index >= 15 is 0 Å². The van der Waals surface area contributed by atoms with Crippen LogP contribution in [0.3, 0.4) is 0 Å². The zero-order chi connectivity index (χ0) is 15.2. The van der Waals surface area contributed by atoms with E-state index in [9.17, 15) is 4.79 Å². The van der Waals surface area contributed by atoms with E-state index in [1.165, 1.54) is 0 Å². The fourth-order valence-corrected chi connectivity index (χ4v) is 2.38. The van der Waals surface area contributed by atoms with Crippen molar-refractivity contribution in [1.29, 1.82) is 0 Å². The van der Waals surface area contributed by atoms with Crippen LogP contribution in [0.25, 0.3) is 0 Å². The number of hydrogen-bond acceptors (Lipinski definition) is 2. The molecule has 110 valence electrons. The Bertz CT molecular complexity index is 578. The molecule has 0 aliphatic heterocycles. The summed E-state index contributed by atoms with van der Waals surface area (Å²) in [6, 6.07) is 18.0. The molecule has 0 unspecified atom stereocenters. The second-order valence-corrected chi connectivity index (χ2v) is 5.96. The van der Waals surface area contributed by atoms with E-state index in [1.807, 2.05) is 47.4 Å². The maximum Gasteiger partial charge on any atom is 0.227 e. The van der Waals surface area contributed by atoms with Gasteiger partial charge in [-0.15, -0.1) is 12.6 Å². The van der Waals surface area contributed by atoms with Crippen LogP contribution < -0.4 is 0 Å². The Morgan fingerprint density at radius 2 is 1.62 bits per heavy atom. The van der Waals surface area contributed by atoms with Gasteiger partial charge in [-0.3, -0.25) is 4.79 Å². The number of benzene rings is 2. The fourth-order valence-electron chi connectivity index (χ4n) is 2.23. The summed E-state index contributed by atoms with van der Waals surface area (Å²) in [4.78, 5) is 15.4. The van der Waals surface area contributed by atoms with Crippen molar-refractivity contribution in [3.8, 4) is 0 Å². The second-order valence-electron chi connectivity index (χ2n) is 5.44. The van der Waals surface area contributed by atoms with Gasteiger partial charge in [0.15, 0.2) is 0 Å². The molecular formula is C18H21NOS. The van der Waals surface area contributed by atoms with Gasteiger partial charge in [-0.2, -0.15) is 0 Å². The number of thiol groups is 1. The quantitative estimate of drug-likeness (QED) is 0.829. The van der Waals surface area contributed by atoms with Gasteiger partial charge in [0, 0.05) is 17.5 Å². The van der Waals surface area contributed by atoms with Gasteiger partial charge in [0.2, 0.25) is 5.91 Å². The minimum Gasteiger partial charge on any atom is -0.336 e. The molecule has 0 bridgehead atoms. The molecule has 0 radical (unpaired) electrons. The predicted molar refractivity (Wildman–Crippen MR) is 89.5 cm³/mol. The number of carbonyl (C=O) groups excluding carboxylic acids is 1. The van der Waals surface area contributed by atoms with Crippen LogP contribution >= 0.6 is 12.6 Å². The summed E-state index contributed by atoms with van der Waals surface area (Å²) < 4.78 is 0. The monoisotopic (exact) mass is 299 g/mol. The van der Waals surface area contributed by atoms with Crippen LogP contribution in [0.5, 0.6) is 0 Å². The third kappa shape index (κ3) is 4.64. The zero-order valence-electron chi connectivity index (χ0n) is 12.5. The number of hydrogen-bond donors (Lipinski definition) is 1. The van der Waals surface area contributed by atoms with Crippen molar-refractivity contribution in [2.45, 2.75) is 37.8 Å². The molecule has 2 nitrogen and oxygen atoms in total. The third-order valence-corrected chi connectivity index (χ3v) is 3.73. The molecule has 0 aliphatic carbocycles. The fraction of sp³-hybridized carbons (Fsp3) is 0.278. The maximum absolute atomic E-state index is 12.6. The van der Waals surface area contributed by atoms with Crippen LogP contribution in [-0.2, 0) is 17.8 Å². The third-order valence-electron chi connectivity index (χ3n) is 3.43. The first-order chi connectivity index (χ1) is 10.1. The van der Waals surface area contributed by atoms with Crippen molar-refractivity contribution >= 4 is 18.5 Å². The van der Waals surface area contributed by atoms with Gasteiger partial charge in [0.1, 0.15) is 0 Å². The normalized spacial score (nSPS) is 10.7. The zero-order valence-corrected chi connectivity index (χ0v) is 13.4. The summed E-state index contributed by atoms with van der Waals surface area (Å²) in [5.41, 5.74) is 2.18. The number of carbonyl (C=O) groups is 1. The van der Waals surface area contributed by atoms with Crippen LogP contribution in [0.15, 0.2) is 59.5 Å². The maximum atomic E-state index is 12.6. The summed E-state index contributed by atoms with van der Waals surface area (Å²) in [6.07, 6.45) is 0.430. The second kappa shape index (κ2) is 7.32. The molecule has 0 atom stereocenters. The lowest BCUT2D eigenvalue weighted by Gasteiger charge is -2.27. The number of rotatable bonds is 5. The van der Waals surface area contributed by atoms with Crippen molar-refractivity contribution < 1.29 is 4.79 Å². The van der Waals surface area contributed by atoms with Crippen LogP contribution in [0.2, 0.25) is 0 Å². The van der Waals surface area contributed by atoms with E-state index in [-0.39, 0.29) is 11.9 Å². The molecule has 0 spiro atoms. The first-order valence-electron chi connectivity index (χ1n) is 7.17. The molecule has 0 saturated heterocycles. The van der Waals surface area contributed by atoms with Crippen LogP contribution in [0.4, 0.5) is 0 Å². The van der Waals surface area contributed by atoms with Crippen molar-refractivity contribution in [1.82, 2.24) is 4.90 Å².